The summed E-state index contributed by atoms with van der Waals surface area (Å²) in [6, 6.07) is 11.9. The molecule has 1 aliphatic heterocycles. The zero-order valence-electron chi connectivity index (χ0n) is 22.8. The van der Waals surface area contributed by atoms with Gasteiger partial charge >= 0.3 is 17.9 Å². The van der Waals surface area contributed by atoms with Crippen LogP contribution in [0.2, 0.25) is 0 Å². The predicted octanol–water partition coefficient (Wildman–Crippen LogP) is 5.17. The van der Waals surface area contributed by atoms with Crippen LogP contribution in [0.15, 0.2) is 65.6 Å². The highest BCUT2D eigenvalue weighted by Gasteiger charge is 2.33. The summed E-state index contributed by atoms with van der Waals surface area (Å²) >= 11 is 0. The highest BCUT2D eigenvalue weighted by atomic mass is 19.4. The van der Waals surface area contributed by atoms with Crippen molar-refractivity contribution in [1.29, 1.82) is 0 Å². The van der Waals surface area contributed by atoms with Gasteiger partial charge in [0.15, 0.2) is 5.69 Å². The van der Waals surface area contributed by atoms with Crippen LogP contribution >= 0.6 is 0 Å². The third kappa shape index (κ3) is 5.40. The lowest BCUT2D eigenvalue weighted by Crippen LogP contribution is -2.53. The molecule has 5 rings (SSSR count). The Balaban J connectivity index is 1.66. The van der Waals surface area contributed by atoms with Crippen LogP contribution in [0.25, 0.3) is 27.6 Å². The van der Waals surface area contributed by atoms with E-state index in [0.29, 0.717) is 17.1 Å². The first kappa shape index (κ1) is 27.9. The number of halogens is 3. The molecule has 0 aliphatic carbocycles. The summed E-state index contributed by atoms with van der Waals surface area (Å²) < 4.78 is 45.1. The normalized spacial score (nSPS) is 15.4. The number of carbonyl (C=O) groups is 1. The molecule has 0 atom stereocenters. The molecule has 1 N–H and O–H groups in total. The lowest BCUT2D eigenvalue weighted by atomic mass is 10.0. The maximum atomic E-state index is 13.9. The molecule has 41 heavy (non-hydrogen) atoms. The van der Waals surface area contributed by atoms with Gasteiger partial charge in [0.1, 0.15) is 5.69 Å². The highest BCUT2D eigenvalue weighted by molar-refractivity contribution is 5.83. The Hall–Kier alpha value is -4.63. The molecule has 1 saturated heterocycles. The van der Waals surface area contributed by atoms with Crippen molar-refractivity contribution in [3.05, 3.63) is 94.0 Å². The lowest BCUT2D eigenvalue weighted by Gasteiger charge is -2.37. The number of rotatable bonds is 4. The van der Waals surface area contributed by atoms with Gasteiger partial charge < -0.3 is 9.80 Å². The number of nitrogens with zero attached hydrogens (tertiary/aromatic N) is 6. The number of piperidine rings is 1. The van der Waals surface area contributed by atoms with Crippen molar-refractivity contribution in [2.45, 2.75) is 32.0 Å². The Kier molecular flexibility index (Phi) is 7.08. The molecule has 12 heteroatoms. The van der Waals surface area contributed by atoms with Gasteiger partial charge in [0.2, 0.25) is 0 Å². The van der Waals surface area contributed by atoms with E-state index in [-0.39, 0.29) is 23.1 Å². The van der Waals surface area contributed by atoms with E-state index < -0.39 is 23.5 Å². The van der Waals surface area contributed by atoms with Gasteiger partial charge in [0.05, 0.1) is 68.3 Å². The maximum absolute atomic E-state index is 13.9. The Labute approximate surface area is 234 Å². The van der Waals surface area contributed by atoms with E-state index in [2.05, 4.69) is 29.4 Å². The summed E-state index contributed by atoms with van der Waals surface area (Å²) in [5.74, 6) is 0. The van der Waals surface area contributed by atoms with Crippen LogP contribution in [0.1, 0.15) is 24.1 Å². The molecule has 212 valence electrons. The Morgan fingerprint density at radius 3 is 2.39 bits per heavy atom. The molecule has 0 unspecified atom stereocenters. The second-order valence-corrected chi connectivity index (χ2v) is 10.8. The molecule has 0 saturated carbocycles. The van der Waals surface area contributed by atoms with E-state index in [1.165, 1.54) is 23.0 Å². The van der Waals surface area contributed by atoms with Crippen molar-refractivity contribution < 1.29 is 22.4 Å². The van der Waals surface area contributed by atoms with Crippen molar-refractivity contribution >= 4 is 11.7 Å². The molecule has 0 radical (unpaired) electrons. The average Bonchev–Trinajstić information content (AvgIpc) is 3.51. The zero-order chi connectivity index (χ0) is 29.5. The fraction of sp³-hybridized carbons (Fsp3) is 0.310. The van der Waals surface area contributed by atoms with Gasteiger partial charge in [-0.2, -0.15) is 18.3 Å². The summed E-state index contributed by atoms with van der Waals surface area (Å²) in [4.78, 5) is 31.1. The van der Waals surface area contributed by atoms with Gasteiger partial charge in [-0.1, -0.05) is 18.2 Å². The second kappa shape index (κ2) is 10.4. The van der Waals surface area contributed by atoms with Gasteiger partial charge in [-0.3, -0.25) is 4.57 Å². The molecule has 1 amide bonds. The maximum Gasteiger partial charge on any atom is 0.416 e. The minimum absolute atomic E-state index is 0.0145. The standard InChI is InChI=1S/C29H28F3N7O2/c1-19-26(25-12-15-34-38(25)23-10-8-21(33-2)9-11-23)37(27(40)35-22-13-16-39(3,4)17-14-22)28(41)36(19)24-7-5-6-20(18-24)29(30,31)32/h5-12,15,18,22H,13-14,16-17H2,1,3-4H3/p+1. The summed E-state index contributed by atoms with van der Waals surface area (Å²) in [6.45, 7) is 10.5. The van der Waals surface area contributed by atoms with Crippen LogP contribution < -0.4 is 11.0 Å². The highest BCUT2D eigenvalue weighted by Crippen LogP contribution is 2.32. The third-order valence-electron chi connectivity index (χ3n) is 7.52. The summed E-state index contributed by atoms with van der Waals surface area (Å²) in [5.41, 5.74) is 0.145. The minimum Gasteiger partial charge on any atom is -0.334 e. The van der Waals surface area contributed by atoms with Crippen LogP contribution in [-0.4, -0.2) is 62.7 Å². The van der Waals surface area contributed by atoms with Crippen LogP contribution in [-0.2, 0) is 6.18 Å². The summed E-state index contributed by atoms with van der Waals surface area (Å²) in [5, 5.41) is 7.36. The van der Waals surface area contributed by atoms with Crippen LogP contribution in [0.5, 0.6) is 0 Å². The van der Waals surface area contributed by atoms with Crippen molar-refractivity contribution in [1.82, 2.24) is 24.2 Å². The van der Waals surface area contributed by atoms with E-state index in [1.54, 1.807) is 37.3 Å². The summed E-state index contributed by atoms with van der Waals surface area (Å²) in [6.07, 6.45) is -1.66. The van der Waals surface area contributed by atoms with Gasteiger partial charge in [-0.15, -0.1) is 0 Å². The van der Waals surface area contributed by atoms with Gasteiger partial charge in [0.25, 0.3) is 0 Å². The quantitative estimate of drug-likeness (QED) is 0.275. The molecule has 0 spiro atoms. The minimum atomic E-state index is -4.61. The fourth-order valence-corrected chi connectivity index (χ4v) is 5.23. The molecule has 1 fully saturated rings. The second-order valence-electron chi connectivity index (χ2n) is 10.8. The van der Waals surface area contributed by atoms with Gasteiger partial charge in [-0.05, 0) is 43.3 Å². The number of nitrogens with one attached hydrogen (secondary N) is 1. The molecule has 2 aromatic heterocycles. The van der Waals surface area contributed by atoms with Crippen molar-refractivity contribution in [3.8, 4) is 22.8 Å². The van der Waals surface area contributed by atoms with E-state index in [4.69, 9.17) is 6.57 Å². The number of benzene rings is 2. The van der Waals surface area contributed by atoms with Gasteiger partial charge in [0, 0.05) is 18.9 Å². The Morgan fingerprint density at radius 1 is 1.07 bits per heavy atom. The Bertz CT molecular complexity index is 1700. The fourth-order valence-electron chi connectivity index (χ4n) is 5.23. The zero-order valence-corrected chi connectivity index (χ0v) is 22.8. The number of imidazole rings is 1. The third-order valence-corrected chi connectivity index (χ3v) is 7.52. The van der Waals surface area contributed by atoms with Crippen LogP contribution in [0, 0.1) is 13.5 Å². The largest absolute Gasteiger partial charge is 0.416 e. The molecule has 3 heterocycles. The van der Waals surface area contributed by atoms with Crippen molar-refractivity contribution in [2.24, 2.45) is 0 Å². The SMILES string of the molecule is [C-]#[N+]c1ccc(-n2nccc2-c2c(C)n(-c3cccc(C(F)(F)F)c3)c(=O)n2C(=O)NC2CC[N+](C)(C)CC2)cc1. The first-order valence-electron chi connectivity index (χ1n) is 13.1. The molecular weight excluding hydrogens is 535 g/mol. The number of likely N-dealkylation sites (tertiary alicyclic amines) is 1. The number of carbonyl (C=O) groups excluding carboxylic acids is 1. The molecule has 2 aromatic carbocycles. The van der Waals surface area contributed by atoms with E-state index in [1.807, 2.05) is 0 Å². The van der Waals surface area contributed by atoms with E-state index >= 15 is 0 Å². The molecule has 1 aliphatic rings. The number of hydrogen-bond donors (Lipinski definition) is 1. The first-order valence-corrected chi connectivity index (χ1v) is 13.1. The van der Waals surface area contributed by atoms with Gasteiger partial charge in [-0.25, -0.2) is 23.7 Å². The average molecular weight is 565 g/mol. The number of alkyl halides is 3. The lowest BCUT2D eigenvalue weighted by molar-refractivity contribution is -0.895. The van der Waals surface area contributed by atoms with Crippen LogP contribution in [0.4, 0.5) is 23.7 Å². The topological polar surface area (TPSA) is 78.2 Å². The number of aromatic nitrogens is 4. The number of hydrogen-bond acceptors (Lipinski definition) is 3. The monoisotopic (exact) mass is 564 g/mol. The first-order chi connectivity index (χ1) is 19.4. The van der Waals surface area contributed by atoms with Crippen LogP contribution in [0.3, 0.4) is 0 Å². The van der Waals surface area contributed by atoms with E-state index in [9.17, 15) is 22.8 Å². The number of amides is 1. The van der Waals surface area contributed by atoms with E-state index in [0.717, 1.165) is 51.7 Å². The molecule has 0 bridgehead atoms. The van der Waals surface area contributed by atoms with Crippen molar-refractivity contribution in [3.63, 3.8) is 0 Å². The molecule has 9 nitrogen and oxygen atoms in total. The van der Waals surface area contributed by atoms with Crippen molar-refractivity contribution in [2.75, 3.05) is 27.2 Å². The molecule has 4 aromatic rings. The smallest absolute Gasteiger partial charge is 0.334 e. The number of quaternary nitrogens is 1. The molecular formula is C29H29F3N7O2+. The Morgan fingerprint density at radius 2 is 1.76 bits per heavy atom. The predicted molar refractivity (Wildman–Crippen MR) is 147 cm³/mol. The summed E-state index contributed by atoms with van der Waals surface area (Å²) in [7, 11) is 4.23.